The molecule has 10 heteroatoms. The molecule has 17 heavy (non-hydrogen) atoms. The number of H-pyrrole nitrogens is 1. The normalized spacial score (nSPS) is 14.8. The first kappa shape index (κ1) is 13.5. The molecule has 0 saturated heterocycles. The van der Waals surface area contributed by atoms with Gasteiger partial charge >= 0.3 is 18.0 Å². The van der Waals surface area contributed by atoms with Crippen LogP contribution in [0.4, 0.5) is 30.7 Å². The van der Waals surface area contributed by atoms with Crippen molar-refractivity contribution in [3.05, 3.63) is 27.9 Å². The molecule has 0 aliphatic heterocycles. The summed E-state index contributed by atoms with van der Waals surface area (Å²) < 4.78 is 84.7. The third-order valence-corrected chi connectivity index (χ3v) is 1.62. The molecular weight excluding hydrogens is 261 g/mol. The second-order valence-electron chi connectivity index (χ2n) is 2.93. The van der Waals surface area contributed by atoms with Crippen molar-refractivity contribution in [3.8, 4) is 0 Å². The molecule has 0 amide bonds. The van der Waals surface area contributed by atoms with E-state index in [4.69, 9.17) is 0 Å². The first-order valence-electron chi connectivity index (χ1n) is 3.91. The van der Waals surface area contributed by atoms with E-state index >= 15 is 0 Å². The molecule has 96 valence electrons. The summed E-state index contributed by atoms with van der Waals surface area (Å²) in [6.45, 7) is 0. The summed E-state index contributed by atoms with van der Waals surface area (Å²) in [4.78, 5) is 14.3. The Morgan fingerprint density at radius 2 is 1.71 bits per heavy atom. The largest absolute Gasteiger partial charge is 0.433 e. The third-order valence-electron chi connectivity index (χ3n) is 1.62. The predicted molar refractivity (Wildman–Crippen MR) is 39.8 cm³/mol. The molecule has 0 fully saturated rings. The van der Waals surface area contributed by atoms with E-state index in [0.717, 1.165) is 0 Å². The molecule has 1 aromatic rings. The van der Waals surface area contributed by atoms with Crippen LogP contribution >= 0.6 is 0 Å². The van der Waals surface area contributed by atoms with Gasteiger partial charge in [-0.2, -0.15) is 31.3 Å². The smallest absolute Gasteiger partial charge is 0.306 e. The fraction of sp³-hybridized carbons (Fsp3) is 0.429. The van der Waals surface area contributed by atoms with Gasteiger partial charge in [-0.05, 0) is 6.07 Å². The van der Waals surface area contributed by atoms with Gasteiger partial charge in [0.15, 0.2) is 5.69 Å². The fourth-order valence-electron chi connectivity index (χ4n) is 0.935. The van der Waals surface area contributed by atoms with E-state index in [2.05, 4.69) is 4.98 Å². The maximum atomic E-state index is 12.7. The van der Waals surface area contributed by atoms with E-state index in [1.165, 1.54) is 4.98 Å². The number of alkyl halides is 7. The predicted octanol–water partition coefficient (Wildman–Crippen LogP) is 2.36. The molecule has 1 atom stereocenters. The van der Waals surface area contributed by atoms with Crippen molar-refractivity contribution in [2.24, 2.45) is 0 Å². The van der Waals surface area contributed by atoms with Crippen LogP contribution in [0.3, 0.4) is 0 Å². The van der Waals surface area contributed by atoms with E-state index < -0.39 is 35.6 Å². The Kier molecular flexibility index (Phi) is 3.17. The average Bonchev–Trinajstić information content (AvgIpc) is 2.12. The van der Waals surface area contributed by atoms with Crippen molar-refractivity contribution in [1.29, 1.82) is 0 Å². The van der Waals surface area contributed by atoms with Crippen LogP contribution in [0.1, 0.15) is 17.6 Å². The summed E-state index contributed by atoms with van der Waals surface area (Å²) in [5, 5.41) is 0. The second kappa shape index (κ2) is 4.00. The van der Waals surface area contributed by atoms with E-state index in [1.54, 1.807) is 0 Å². The highest BCUT2D eigenvalue weighted by Crippen LogP contribution is 2.36. The molecule has 0 bridgehead atoms. The van der Waals surface area contributed by atoms with Crippen LogP contribution in [0.5, 0.6) is 0 Å². The van der Waals surface area contributed by atoms with Gasteiger partial charge < -0.3 is 4.98 Å². The summed E-state index contributed by atoms with van der Waals surface area (Å²) in [6, 6.07) is -0.195. The lowest BCUT2D eigenvalue weighted by molar-refractivity contribution is -0.184. The van der Waals surface area contributed by atoms with Crippen molar-refractivity contribution < 1.29 is 30.7 Å². The number of aromatic nitrogens is 2. The number of hydrogen-bond donors (Lipinski definition) is 1. The van der Waals surface area contributed by atoms with E-state index in [1.807, 2.05) is 0 Å². The number of aromatic amines is 1. The Morgan fingerprint density at radius 1 is 1.18 bits per heavy atom. The van der Waals surface area contributed by atoms with Crippen LogP contribution in [0.25, 0.3) is 0 Å². The van der Waals surface area contributed by atoms with Gasteiger partial charge in [-0.25, -0.2) is 9.18 Å². The maximum Gasteiger partial charge on any atom is 0.433 e. The lowest BCUT2D eigenvalue weighted by Crippen LogP contribution is -2.25. The van der Waals surface area contributed by atoms with Crippen molar-refractivity contribution in [2.45, 2.75) is 18.5 Å². The molecule has 0 aliphatic carbocycles. The Hall–Kier alpha value is -1.61. The highest BCUT2D eigenvalue weighted by Gasteiger charge is 2.43. The monoisotopic (exact) mass is 264 g/mol. The van der Waals surface area contributed by atoms with Crippen LogP contribution in [0, 0.1) is 0 Å². The van der Waals surface area contributed by atoms with Crippen molar-refractivity contribution >= 4 is 0 Å². The third kappa shape index (κ3) is 3.17. The molecule has 3 nitrogen and oxygen atoms in total. The number of rotatable bonds is 1. The van der Waals surface area contributed by atoms with Gasteiger partial charge in [0.2, 0.25) is 6.17 Å². The number of nitrogens with one attached hydrogen (secondary N) is 1. The molecule has 0 aliphatic rings. The zero-order valence-electron chi connectivity index (χ0n) is 7.66. The highest BCUT2D eigenvalue weighted by molar-refractivity contribution is 5.14. The molecule has 1 N–H and O–H groups in total. The van der Waals surface area contributed by atoms with Gasteiger partial charge in [0.25, 0.3) is 0 Å². The van der Waals surface area contributed by atoms with Gasteiger partial charge in [0, 0.05) is 0 Å². The van der Waals surface area contributed by atoms with E-state index in [-0.39, 0.29) is 6.07 Å². The van der Waals surface area contributed by atoms with Crippen molar-refractivity contribution in [3.63, 3.8) is 0 Å². The number of hydrogen-bond acceptors (Lipinski definition) is 2. The quantitative estimate of drug-likeness (QED) is 0.791. The minimum atomic E-state index is -5.41. The molecule has 0 radical (unpaired) electrons. The van der Waals surface area contributed by atoms with E-state index in [0.29, 0.717) is 0 Å². The zero-order chi connectivity index (χ0) is 13.4. The molecule has 0 spiro atoms. The lowest BCUT2D eigenvalue weighted by atomic mass is 10.2. The van der Waals surface area contributed by atoms with Gasteiger partial charge in [-0.15, -0.1) is 0 Å². The minimum absolute atomic E-state index is 0.195. The standard InChI is InChI=1S/C7H3F7N2O/c8-4(7(12,13)14)2-1-3(6(9,10)11)16-5(17)15-2/h1,4H,(H,15,16,17). The first-order chi connectivity index (χ1) is 7.51. The van der Waals surface area contributed by atoms with Crippen LogP contribution in [-0.2, 0) is 6.18 Å². The SMILES string of the molecule is O=c1nc(C(F)(F)F)cc(C(F)C(F)(F)F)[nH]1. The minimum Gasteiger partial charge on any atom is -0.306 e. The zero-order valence-corrected chi connectivity index (χ0v) is 7.66. The number of nitrogens with zero attached hydrogens (tertiary/aromatic N) is 1. The molecule has 0 aromatic carbocycles. The van der Waals surface area contributed by atoms with E-state index in [9.17, 15) is 35.5 Å². The van der Waals surface area contributed by atoms with Crippen LogP contribution in [0.15, 0.2) is 10.9 Å². The fourth-order valence-corrected chi connectivity index (χ4v) is 0.935. The highest BCUT2D eigenvalue weighted by atomic mass is 19.4. The van der Waals surface area contributed by atoms with Crippen LogP contribution in [-0.4, -0.2) is 16.1 Å². The average molecular weight is 264 g/mol. The van der Waals surface area contributed by atoms with Crippen LogP contribution in [0.2, 0.25) is 0 Å². The molecule has 1 aromatic heterocycles. The Bertz CT molecular complexity index is 461. The Balaban J connectivity index is 3.29. The van der Waals surface area contributed by atoms with Crippen molar-refractivity contribution in [1.82, 2.24) is 9.97 Å². The van der Waals surface area contributed by atoms with Gasteiger partial charge in [-0.3, -0.25) is 0 Å². The van der Waals surface area contributed by atoms with Gasteiger partial charge in [-0.1, -0.05) is 0 Å². The number of halogens is 7. The summed E-state index contributed by atoms with van der Waals surface area (Å²) in [7, 11) is 0. The van der Waals surface area contributed by atoms with Gasteiger partial charge in [0.05, 0.1) is 5.69 Å². The molecule has 0 saturated carbocycles. The first-order valence-corrected chi connectivity index (χ1v) is 3.91. The van der Waals surface area contributed by atoms with Crippen molar-refractivity contribution in [2.75, 3.05) is 0 Å². The Morgan fingerprint density at radius 3 is 2.12 bits per heavy atom. The summed E-state index contributed by atoms with van der Waals surface area (Å²) in [6.07, 6.45) is -14.2. The van der Waals surface area contributed by atoms with Crippen LogP contribution < -0.4 is 5.69 Å². The Labute approximate surface area is 88.3 Å². The molecule has 1 heterocycles. The summed E-state index contributed by atoms with van der Waals surface area (Å²) >= 11 is 0. The summed E-state index contributed by atoms with van der Waals surface area (Å²) in [5.41, 5.74) is -5.13. The maximum absolute atomic E-state index is 12.7. The second-order valence-corrected chi connectivity index (χ2v) is 2.93. The molecule has 1 rings (SSSR count). The molecular formula is C7H3F7N2O. The summed E-state index contributed by atoms with van der Waals surface area (Å²) in [5.74, 6) is 0. The molecule has 1 unspecified atom stereocenters. The topological polar surface area (TPSA) is 45.8 Å². The van der Waals surface area contributed by atoms with Gasteiger partial charge in [0.1, 0.15) is 0 Å². The lowest BCUT2D eigenvalue weighted by Gasteiger charge is -2.13.